The molecule has 0 unspecified atom stereocenters. The van der Waals surface area contributed by atoms with Crippen LogP contribution in [0.4, 0.5) is 0 Å². The summed E-state index contributed by atoms with van der Waals surface area (Å²) >= 11 is 11.8. The van der Waals surface area contributed by atoms with Crippen molar-refractivity contribution in [2.75, 3.05) is 0 Å². The average molecular weight is 313 g/mol. The maximum atomic E-state index is 5.92. The maximum absolute atomic E-state index is 5.92. The normalized spacial score (nSPS) is 10.5. The largest absolute Gasteiger partial charge is 0.254 e. The van der Waals surface area contributed by atoms with Gasteiger partial charge >= 0.3 is 0 Å². The van der Waals surface area contributed by atoms with Crippen LogP contribution >= 0.6 is 23.2 Å². The number of fused-ring (bicyclic) bond motifs is 3. The van der Waals surface area contributed by atoms with E-state index in [0.29, 0.717) is 10.2 Å². The Morgan fingerprint density at radius 2 is 1.71 bits per heavy atom. The van der Waals surface area contributed by atoms with Crippen LogP contribution in [0, 0.1) is 0 Å². The molecular weight excluding hydrogens is 307 g/mol. The van der Waals surface area contributed by atoms with E-state index in [2.05, 4.69) is 9.97 Å². The van der Waals surface area contributed by atoms with Crippen molar-refractivity contribution in [3.05, 3.63) is 46.7 Å². The second kappa shape index (κ2) is 4.79. The topological polar surface area (TPSA) is 25.8 Å². The van der Waals surface area contributed by atoms with Crippen molar-refractivity contribution in [1.29, 1.82) is 0 Å². The van der Waals surface area contributed by atoms with E-state index < -0.39 is 0 Å². The molecule has 2 nitrogen and oxygen atoms in total. The fraction of sp³-hybridized carbons (Fsp3) is 0. The maximum Gasteiger partial charge on any atom is 0.148 e. The van der Waals surface area contributed by atoms with Gasteiger partial charge in [-0.25, -0.2) is 4.98 Å². The van der Waals surface area contributed by atoms with Crippen LogP contribution in [0.25, 0.3) is 21.8 Å². The molecule has 0 amide bonds. The summed E-state index contributed by atoms with van der Waals surface area (Å²) in [7, 11) is 0. The first-order valence-corrected chi connectivity index (χ1v) is 5.51. The molecule has 0 N–H and O–H groups in total. The molecule has 0 saturated heterocycles. The van der Waals surface area contributed by atoms with Crippen LogP contribution in [0.1, 0.15) is 0 Å². The molecule has 5 heteroatoms. The summed E-state index contributed by atoms with van der Waals surface area (Å²) in [5.41, 5.74) is 1.63. The Labute approximate surface area is 118 Å². The summed E-state index contributed by atoms with van der Waals surface area (Å²) in [5.74, 6) is 0. The third-order valence-corrected chi connectivity index (χ3v) is 3.14. The monoisotopic (exact) mass is 311 g/mol. The van der Waals surface area contributed by atoms with Crippen LogP contribution in [-0.2, 0) is 17.1 Å². The quantitative estimate of drug-likeness (QED) is 0.355. The summed E-state index contributed by atoms with van der Waals surface area (Å²) < 4.78 is 0. The number of pyridine rings is 2. The fourth-order valence-corrected chi connectivity index (χ4v) is 2.03. The Bertz CT molecular complexity index is 700. The molecule has 17 heavy (non-hydrogen) atoms. The first-order valence-electron chi connectivity index (χ1n) is 4.75. The SMILES string of the molecule is Clc1cc2ccc3cccnc3c2nc1Cl.[Cu]. The van der Waals surface area contributed by atoms with Gasteiger partial charge in [-0.2, -0.15) is 0 Å². The van der Waals surface area contributed by atoms with Crippen LogP contribution in [0.5, 0.6) is 0 Å². The second-order valence-electron chi connectivity index (χ2n) is 3.47. The van der Waals surface area contributed by atoms with Crippen molar-refractivity contribution < 1.29 is 17.1 Å². The molecule has 2 heterocycles. The van der Waals surface area contributed by atoms with Gasteiger partial charge < -0.3 is 0 Å². The van der Waals surface area contributed by atoms with Gasteiger partial charge in [0.1, 0.15) is 5.15 Å². The zero-order chi connectivity index (χ0) is 11.1. The Kier molecular flexibility index (Phi) is 3.55. The van der Waals surface area contributed by atoms with Crippen molar-refractivity contribution in [3.63, 3.8) is 0 Å². The molecule has 3 aromatic rings. The number of hydrogen-bond donors (Lipinski definition) is 0. The molecule has 2 aromatic heterocycles. The van der Waals surface area contributed by atoms with Crippen molar-refractivity contribution in [2.45, 2.75) is 0 Å². The summed E-state index contributed by atoms with van der Waals surface area (Å²) in [6.45, 7) is 0. The minimum Gasteiger partial charge on any atom is -0.254 e. The van der Waals surface area contributed by atoms with E-state index in [4.69, 9.17) is 23.2 Å². The van der Waals surface area contributed by atoms with Gasteiger partial charge in [0, 0.05) is 34.0 Å². The second-order valence-corrected chi connectivity index (χ2v) is 4.24. The summed E-state index contributed by atoms with van der Waals surface area (Å²) in [6, 6.07) is 9.66. The van der Waals surface area contributed by atoms with Crippen LogP contribution in [0.3, 0.4) is 0 Å². The molecule has 0 saturated carbocycles. The molecule has 0 atom stereocenters. The summed E-state index contributed by atoms with van der Waals surface area (Å²) in [4.78, 5) is 8.59. The van der Waals surface area contributed by atoms with Crippen molar-refractivity contribution in [1.82, 2.24) is 9.97 Å². The number of nitrogens with zero attached hydrogens (tertiary/aromatic N) is 2. The molecule has 1 radical (unpaired) electrons. The van der Waals surface area contributed by atoms with E-state index in [0.717, 1.165) is 21.8 Å². The van der Waals surface area contributed by atoms with Crippen molar-refractivity contribution >= 4 is 45.0 Å². The van der Waals surface area contributed by atoms with E-state index in [1.165, 1.54) is 0 Å². The van der Waals surface area contributed by atoms with Gasteiger partial charge in [0.05, 0.1) is 16.1 Å². The van der Waals surface area contributed by atoms with E-state index in [1.54, 1.807) is 12.3 Å². The molecule has 0 aliphatic heterocycles. The van der Waals surface area contributed by atoms with Crippen LogP contribution in [0.2, 0.25) is 10.2 Å². The minimum atomic E-state index is 0. The first kappa shape index (κ1) is 12.6. The van der Waals surface area contributed by atoms with Gasteiger partial charge in [0.2, 0.25) is 0 Å². The van der Waals surface area contributed by atoms with E-state index in [-0.39, 0.29) is 17.1 Å². The van der Waals surface area contributed by atoms with Gasteiger partial charge in [-0.05, 0) is 12.1 Å². The predicted molar refractivity (Wildman–Crippen MR) is 67.1 cm³/mol. The average Bonchev–Trinajstić information content (AvgIpc) is 2.31. The molecule has 0 aliphatic carbocycles. The molecule has 0 bridgehead atoms. The fourth-order valence-electron chi connectivity index (χ4n) is 1.73. The van der Waals surface area contributed by atoms with E-state index in [9.17, 15) is 0 Å². The smallest absolute Gasteiger partial charge is 0.148 e. The molecule has 89 valence electrons. The molecule has 0 fully saturated rings. The number of aromatic nitrogens is 2. The van der Waals surface area contributed by atoms with Gasteiger partial charge in [0.25, 0.3) is 0 Å². The molecule has 1 aromatic carbocycles. The Morgan fingerprint density at radius 1 is 0.941 bits per heavy atom. The molecule has 3 rings (SSSR count). The molecule has 0 aliphatic rings. The Morgan fingerprint density at radius 3 is 2.53 bits per heavy atom. The third-order valence-electron chi connectivity index (χ3n) is 2.47. The number of rotatable bonds is 0. The van der Waals surface area contributed by atoms with Gasteiger partial charge in [-0.15, -0.1) is 0 Å². The zero-order valence-electron chi connectivity index (χ0n) is 8.42. The van der Waals surface area contributed by atoms with Gasteiger partial charge in [-0.1, -0.05) is 41.4 Å². The van der Waals surface area contributed by atoms with Gasteiger partial charge in [-0.3, -0.25) is 4.98 Å². The standard InChI is InChI=1S/C12H6Cl2N2.Cu/c13-9-6-8-4-3-7-2-1-5-15-10(7)11(8)16-12(9)14;/h1-6H;. The van der Waals surface area contributed by atoms with E-state index >= 15 is 0 Å². The molecule has 0 spiro atoms. The van der Waals surface area contributed by atoms with Gasteiger partial charge in [0.15, 0.2) is 0 Å². The summed E-state index contributed by atoms with van der Waals surface area (Å²) in [5, 5.41) is 2.76. The van der Waals surface area contributed by atoms with Crippen molar-refractivity contribution in [3.8, 4) is 0 Å². The minimum absolute atomic E-state index is 0. The number of halogens is 2. The Balaban J connectivity index is 0.00000108. The van der Waals surface area contributed by atoms with Crippen LogP contribution in [0.15, 0.2) is 36.5 Å². The number of hydrogen-bond acceptors (Lipinski definition) is 2. The summed E-state index contributed by atoms with van der Waals surface area (Å²) in [6.07, 6.45) is 1.74. The third kappa shape index (κ3) is 2.12. The van der Waals surface area contributed by atoms with Crippen molar-refractivity contribution in [2.24, 2.45) is 0 Å². The van der Waals surface area contributed by atoms with Crippen LogP contribution in [-0.4, -0.2) is 9.97 Å². The first-order chi connectivity index (χ1) is 7.75. The zero-order valence-corrected chi connectivity index (χ0v) is 10.9. The number of benzene rings is 1. The Hall–Kier alpha value is -0.861. The molecular formula is C12H6Cl2CuN2. The van der Waals surface area contributed by atoms with E-state index in [1.807, 2.05) is 24.3 Å². The predicted octanol–water partition coefficient (Wildman–Crippen LogP) is 4.09. The van der Waals surface area contributed by atoms with Crippen LogP contribution < -0.4 is 0 Å².